The average Bonchev–Trinajstić information content (AvgIpc) is 2.98. The van der Waals surface area contributed by atoms with Gasteiger partial charge in [0.05, 0.1) is 23.5 Å². The summed E-state index contributed by atoms with van der Waals surface area (Å²) < 4.78 is 11.7. The molecule has 11 nitrogen and oxygen atoms in total. The molecule has 15 atom stereocenters. The van der Waals surface area contributed by atoms with Crippen LogP contribution < -0.4 is 0 Å². The van der Waals surface area contributed by atoms with Crippen molar-refractivity contribution in [1.29, 1.82) is 0 Å². The quantitative estimate of drug-likeness (QED) is 0.169. The van der Waals surface area contributed by atoms with E-state index in [4.69, 9.17) is 9.47 Å². The zero-order valence-electron chi connectivity index (χ0n) is 28.7. The van der Waals surface area contributed by atoms with Crippen LogP contribution in [0, 0.1) is 50.2 Å². The topological polar surface area (TPSA) is 194 Å². The van der Waals surface area contributed by atoms with Gasteiger partial charge in [0.1, 0.15) is 30.5 Å². The van der Waals surface area contributed by atoms with Crippen LogP contribution in [0.4, 0.5) is 0 Å². The first kappa shape index (κ1) is 35.2. The van der Waals surface area contributed by atoms with Crippen molar-refractivity contribution in [2.75, 3.05) is 6.61 Å². The van der Waals surface area contributed by atoms with Gasteiger partial charge in [0, 0.05) is 0 Å². The van der Waals surface area contributed by atoms with Crippen molar-refractivity contribution in [2.45, 2.75) is 142 Å². The molecule has 0 radical (unpaired) electrons. The van der Waals surface area contributed by atoms with E-state index >= 15 is 0 Å². The first-order chi connectivity index (χ1) is 21.7. The van der Waals surface area contributed by atoms with E-state index in [1.807, 2.05) is 0 Å². The molecule has 266 valence electrons. The van der Waals surface area contributed by atoms with Crippen LogP contribution >= 0.6 is 0 Å². The highest BCUT2D eigenvalue weighted by molar-refractivity contribution is 5.77. The highest BCUT2D eigenvalue weighted by atomic mass is 16.7. The number of aliphatic hydroxyl groups excluding tert-OH is 5. The minimum absolute atomic E-state index is 0.0120. The summed E-state index contributed by atoms with van der Waals surface area (Å²) >= 11 is 0. The third kappa shape index (κ3) is 4.69. The van der Waals surface area contributed by atoms with Gasteiger partial charge in [-0.15, -0.1) is 0 Å². The Labute approximate surface area is 277 Å². The zero-order chi connectivity index (χ0) is 34.7. The maximum absolute atomic E-state index is 13.3. The van der Waals surface area contributed by atoms with Crippen molar-refractivity contribution in [2.24, 2.45) is 50.2 Å². The van der Waals surface area contributed by atoms with Crippen LogP contribution in [0.2, 0.25) is 0 Å². The molecular weight excluding hydrogens is 608 g/mol. The van der Waals surface area contributed by atoms with Crippen molar-refractivity contribution < 1.29 is 54.8 Å². The van der Waals surface area contributed by atoms with Crippen molar-refractivity contribution in [3.63, 3.8) is 0 Å². The van der Waals surface area contributed by atoms with E-state index in [-0.39, 0.29) is 34.5 Å². The van der Waals surface area contributed by atoms with Gasteiger partial charge in [0.25, 0.3) is 0 Å². The lowest BCUT2D eigenvalue weighted by atomic mass is 9.33. The summed E-state index contributed by atoms with van der Waals surface area (Å²) in [6.07, 6.45) is -2.13. The largest absolute Gasteiger partial charge is 0.481 e. The Kier molecular flexibility index (Phi) is 8.40. The van der Waals surface area contributed by atoms with Gasteiger partial charge in [-0.3, -0.25) is 9.59 Å². The van der Waals surface area contributed by atoms with Gasteiger partial charge >= 0.3 is 11.9 Å². The predicted molar refractivity (Wildman–Crippen MR) is 169 cm³/mol. The second-order valence-corrected chi connectivity index (χ2v) is 17.8. The second-order valence-electron chi connectivity index (χ2n) is 17.8. The molecule has 15 unspecified atom stereocenters. The van der Waals surface area contributed by atoms with Crippen LogP contribution in [0.1, 0.15) is 99.3 Å². The number of hydrogen-bond acceptors (Lipinski definition) is 9. The molecule has 0 aromatic heterocycles. The molecule has 5 fully saturated rings. The van der Waals surface area contributed by atoms with Gasteiger partial charge in [-0.25, -0.2) is 0 Å². The van der Waals surface area contributed by atoms with Gasteiger partial charge < -0.3 is 45.2 Å². The molecule has 11 heteroatoms. The lowest BCUT2D eigenvalue weighted by Crippen LogP contribution is -2.70. The van der Waals surface area contributed by atoms with Gasteiger partial charge in [-0.05, 0) is 104 Å². The number of rotatable bonds is 5. The summed E-state index contributed by atoms with van der Waals surface area (Å²) in [5, 5.41) is 74.4. The third-order valence-electron chi connectivity index (χ3n) is 15.2. The van der Waals surface area contributed by atoms with Crippen LogP contribution in [0.25, 0.3) is 0 Å². The molecule has 0 bridgehead atoms. The maximum atomic E-state index is 13.3. The molecule has 0 spiro atoms. The molecule has 1 heterocycles. The Morgan fingerprint density at radius 1 is 0.851 bits per heavy atom. The molecule has 5 aliphatic carbocycles. The van der Waals surface area contributed by atoms with E-state index in [0.717, 1.165) is 25.7 Å². The lowest BCUT2D eigenvalue weighted by molar-refractivity contribution is -0.340. The van der Waals surface area contributed by atoms with E-state index in [9.17, 15) is 45.3 Å². The molecule has 0 aromatic rings. The highest BCUT2D eigenvalue weighted by Gasteiger charge is 2.72. The SMILES string of the molecule is CC1(C)CCC2(C(=O)O)CCC3(C)C(=CCC4C5(C)CC(O)C(OC6OC(CO)C(O)C(O)C6O)C(C)(C(=O)O)C5CCC43C)C2C1. The third-order valence-corrected chi connectivity index (χ3v) is 15.2. The van der Waals surface area contributed by atoms with Gasteiger partial charge in [0.2, 0.25) is 0 Å². The summed E-state index contributed by atoms with van der Waals surface area (Å²) in [5.41, 5.74) is -2.22. The summed E-state index contributed by atoms with van der Waals surface area (Å²) in [7, 11) is 0. The summed E-state index contributed by atoms with van der Waals surface area (Å²) in [6, 6.07) is 0. The summed E-state index contributed by atoms with van der Waals surface area (Å²) in [4.78, 5) is 26.3. The molecule has 7 N–H and O–H groups in total. The first-order valence-electron chi connectivity index (χ1n) is 17.5. The van der Waals surface area contributed by atoms with Crippen LogP contribution in [0.15, 0.2) is 11.6 Å². The number of allylic oxidation sites excluding steroid dienone is 2. The fourth-order valence-electron chi connectivity index (χ4n) is 12.2. The first-order valence-corrected chi connectivity index (χ1v) is 17.5. The van der Waals surface area contributed by atoms with E-state index < -0.39 is 83.6 Å². The smallest absolute Gasteiger partial charge is 0.312 e. The molecule has 6 rings (SSSR count). The fraction of sp³-hybridized carbons (Fsp3) is 0.889. The Bertz CT molecular complexity index is 1310. The molecule has 0 aromatic carbocycles. The minimum atomic E-state index is -1.73. The molecule has 6 aliphatic rings. The summed E-state index contributed by atoms with van der Waals surface area (Å²) in [6.45, 7) is 12.1. The Morgan fingerprint density at radius 3 is 2.13 bits per heavy atom. The zero-order valence-corrected chi connectivity index (χ0v) is 28.7. The number of aliphatic carboxylic acids is 2. The number of ether oxygens (including phenoxy) is 2. The van der Waals surface area contributed by atoms with E-state index in [1.165, 1.54) is 5.57 Å². The number of fused-ring (bicyclic) bond motifs is 7. The van der Waals surface area contributed by atoms with Crippen molar-refractivity contribution >= 4 is 11.9 Å². The molecule has 0 amide bonds. The fourth-order valence-corrected chi connectivity index (χ4v) is 12.2. The Morgan fingerprint density at radius 2 is 1.51 bits per heavy atom. The van der Waals surface area contributed by atoms with E-state index in [1.54, 1.807) is 6.92 Å². The van der Waals surface area contributed by atoms with Crippen molar-refractivity contribution in [3.05, 3.63) is 11.6 Å². The van der Waals surface area contributed by atoms with Gasteiger partial charge in [-0.2, -0.15) is 0 Å². The molecular formula is C36H56O11. The van der Waals surface area contributed by atoms with Crippen LogP contribution in [-0.4, -0.2) is 97.2 Å². The average molecular weight is 665 g/mol. The Hall–Kier alpha value is -1.60. The number of carboxylic acids is 2. The van der Waals surface area contributed by atoms with Crippen LogP contribution in [0.5, 0.6) is 0 Å². The Balaban J connectivity index is 1.36. The number of hydrogen-bond donors (Lipinski definition) is 7. The van der Waals surface area contributed by atoms with Gasteiger partial charge in [-0.1, -0.05) is 46.3 Å². The number of carboxylic acid groups (broad SMARTS) is 2. The molecule has 1 saturated heterocycles. The lowest BCUT2D eigenvalue weighted by Gasteiger charge is -2.71. The monoisotopic (exact) mass is 664 g/mol. The molecule has 47 heavy (non-hydrogen) atoms. The number of aliphatic hydroxyl groups is 5. The van der Waals surface area contributed by atoms with Crippen molar-refractivity contribution in [1.82, 2.24) is 0 Å². The standard InChI is InChI=1S/C36H56O11/c1-31(2)11-13-36(30(44)45)14-12-33(4)18(19(36)15-31)7-8-22-32(3)16-20(38)27(35(6,29(42)43)23(32)9-10-34(22,33)5)47-28-26(41)25(40)24(39)21(17-37)46-28/h7,19-28,37-41H,8-17H2,1-6H3,(H,42,43)(H,44,45). The van der Waals surface area contributed by atoms with E-state index in [2.05, 4.69) is 40.7 Å². The summed E-state index contributed by atoms with van der Waals surface area (Å²) in [5.74, 6) is -2.29. The number of carbonyl (C=O) groups is 2. The minimum Gasteiger partial charge on any atom is -0.481 e. The van der Waals surface area contributed by atoms with Crippen LogP contribution in [-0.2, 0) is 19.1 Å². The maximum Gasteiger partial charge on any atom is 0.312 e. The highest BCUT2D eigenvalue weighted by Crippen LogP contribution is 2.76. The molecule has 4 saturated carbocycles. The second kappa shape index (κ2) is 11.2. The predicted octanol–water partition coefficient (Wildman–Crippen LogP) is 3.09. The van der Waals surface area contributed by atoms with Crippen LogP contribution in [0.3, 0.4) is 0 Å². The van der Waals surface area contributed by atoms with Gasteiger partial charge in [0.15, 0.2) is 6.29 Å². The molecule has 1 aliphatic heterocycles. The normalized spacial score (nSPS) is 53.8. The van der Waals surface area contributed by atoms with Crippen molar-refractivity contribution in [3.8, 4) is 0 Å². The van der Waals surface area contributed by atoms with E-state index in [0.29, 0.717) is 25.7 Å².